The average Bonchev–Trinajstić information content (AvgIpc) is 2.15. The van der Waals surface area contributed by atoms with E-state index in [1.54, 1.807) is 0 Å². The van der Waals surface area contributed by atoms with Crippen LogP contribution in [0.3, 0.4) is 0 Å². The van der Waals surface area contributed by atoms with Crippen molar-refractivity contribution in [1.82, 2.24) is 5.32 Å². The van der Waals surface area contributed by atoms with Gasteiger partial charge in [-0.2, -0.15) is 0 Å². The molecule has 0 bridgehead atoms. The predicted octanol–water partition coefficient (Wildman–Crippen LogP) is 2.86. The first-order chi connectivity index (χ1) is 6.99. The molecule has 1 aliphatic heterocycles. The second-order valence-electron chi connectivity index (χ2n) is 5.86. The zero-order valence-corrected chi connectivity index (χ0v) is 11.8. The van der Waals surface area contributed by atoms with Gasteiger partial charge in [0.25, 0.3) is 0 Å². The highest BCUT2D eigenvalue weighted by molar-refractivity contribution is 6.71. The van der Waals surface area contributed by atoms with Gasteiger partial charge in [0, 0.05) is 6.61 Å². The summed E-state index contributed by atoms with van der Waals surface area (Å²) in [6, 6.07) is 1.29. The summed E-state index contributed by atoms with van der Waals surface area (Å²) in [5, 5.41) is 3.40. The molecular formula is C12H27NOSi. The molecule has 0 unspecified atom stereocenters. The lowest BCUT2D eigenvalue weighted by Crippen LogP contribution is -2.36. The largest absolute Gasteiger partial charge is 0.417 e. The summed E-state index contributed by atoms with van der Waals surface area (Å²) < 4.78 is 6.19. The van der Waals surface area contributed by atoms with Gasteiger partial charge in [-0.1, -0.05) is 13.8 Å². The van der Waals surface area contributed by atoms with Crippen LogP contribution in [0.15, 0.2) is 0 Å². The van der Waals surface area contributed by atoms with Crippen molar-refractivity contribution in [1.29, 1.82) is 0 Å². The van der Waals surface area contributed by atoms with Crippen molar-refractivity contribution < 1.29 is 4.43 Å². The van der Waals surface area contributed by atoms with Crippen LogP contribution in [0.5, 0.6) is 0 Å². The Hall–Kier alpha value is 0.137. The van der Waals surface area contributed by atoms with E-state index in [1.165, 1.54) is 32.0 Å². The Morgan fingerprint density at radius 2 is 1.87 bits per heavy atom. The third-order valence-electron chi connectivity index (χ3n) is 3.07. The van der Waals surface area contributed by atoms with Crippen LogP contribution in [0.1, 0.15) is 26.7 Å². The Labute approximate surface area is 95.9 Å². The minimum absolute atomic E-state index is 0.777. The first kappa shape index (κ1) is 13.2. The second-order valence-corrected chi connectivity index (χ2v) is 10.1. The maximum Gasteiger partial charge on any atom is 0.186 e. The topological polar surface area (TPSA) is 21.3 Å². The first-order valence-corrected chi connectivity index (χ1v) is 9.46. The molecule has 0 atom stereocenters. The van der Waals surface area contributed by atoms with E-state index >= 15 is 0 Å². The molecule has 1 aliphatic rings. The molecule has 2 nitrogen and oxygen atoms in total. The highest BCUT2D eigenvalue weighted by Gasteiger charge is 2.25. The molecule has 0 spiro atoms. The molecule has 0 saturated carbocycles. The number of rotatable bonds is 5. The van der Waals surface area contributed by atoms with E-state index < -0.39 is 8.32 Å². The van der Waals surface area contributed by atoms with Crippen LogP contribution in [0.25, 0.3) is 0 Å². The fraction of sp³-hybridized carbons (Fsp3) is 1.00. The molecule has 15 heavy (non-hydrogen) atoms. The van der Waals surface area contributed by atoms with E-state index in [0.29, 0.717) is 0 Å². The first-order valence-electron chi connectivity index (χ1n) is 6.34. The highest BCUT2D eigenvalue weighted by atomic mass is 28.4. The van der Waals surface area contributed by atoms with Crippen LogP contribution in [-0.2, 0) is 4.43 Å². The smallest absolute Gasteiger partial charge is 0.186 e. The monoisotopic (exact) mass is 229 g/mol. The molecular weight excluding hydrogens is 202 g/mol. The van der Waals surface area contributed by atoms with Crippen molar-refractivity contribution in [2.45, 2.75) is 45.8 Å². The fourth-order valence-corrected chi connectivity index (χ4v) is 5.20. The van der Waals surface area contributed by atoms with Gasteiger partial charge in [0.1, 0.15) is 0 Å². The zero-order valence-electron chi connectivity index (χ0n) is 10.8. The van der Waals surface area contributed by atoms with Crippen molar-refractivity contribution in [3.63, 3.8) is 0 Å². The van der Waals surface area contributed by atoms with Crippen LogP contribution in [0.2, 0.25) is 19.1 Å². The standard InChI is InChI=1S/C12H27NOSi/c1-11(2)10-15(3,4)14-9-12-5-7-13-8-6-12/h11-13H,5-10H2,1-4H3. The number of nitrogens with one attached hydrogen (secondary N) is 1. The molecule has 1 heterocycles. The zero-order chi connectivity index (χ0) is 11.3. The highest BCUT2D eigenvalue weighted by Crippen LogP contribution is 2.20. The van der Waals surface area contributed by atoms with Crippen molar-refractivity contribution in [2.75, 3.05) is 19.7 Å². The van der Waals surface area contributed by atoms with Crippen molar-refractivity contribution in [3.8, 4) is 0 Å². The van der Waals surface area contributed by atoms with Crippen molar-refractivity contribution in [3.05, 3.63) is 0 Å². The minimum atomic E-state index is -1.37. The molecule has 0 aromatic carbocycles. The SMILES string of the molecule is CC(C)C[Si](C)(C)OCC1CCNCC1. The molecule has 0 aliphatic carbocycles. The number of hydrogen-bond donors (Lipinski definition) is 1. The van der Waals surface area contributed by atoms with Gasteiger partial charge in [0.2, 0.25) is 0 Å². The van der Waals surface area contributed by atoms with Gasteiger partial charge in [-0.05, 0) is 56.9 Å². The number of piperidine rings is 1. The molecule has 0 aromatic rings. The van der Waals surface area contributed by atoms with Gasteiger partial charge < -0.3 is 9.74 Å². The van der Waals surface area contributed by atoms with E-state index in [0.717, 1.165) is 18.4 Å². The molecule has 1 N–H and O–H groups in total. The minimum Gasteiger partial charge on any atom is -0.417 e. The molecule has 1 fully saturated rings. The maximum atomic E-state index is 6.19. The van der Waals surface area contributed by atoms with E-state index in [9.17, 15) is 0 Å². The van der Waals surface area contributed by atoms with E-state index in [2.05, 4.69) is 32.3 Å². The summed E-state index contributed by atoms with van der Waals surface area (Å²) in [6.07, 6.45) is 2.60. The Morgan fingerprint density at radius 1 is 1.27 bits per heavy atom. The van der Waals surface area contributed by atoms with Crippen LogP contribution in [0.4, 0.5) is 0 Å². The van der Waals surface area contributed by atoms with Gasteiger partial charge in [0.15, 0.2) is 8.32 Å². The molecule has 3 heteroatoms. The normalized spacial score (nSPS) is 19.8. The molecule has 0 aromatic heterocycles. The van der Waals surface area contributed by atoms with Crippen LogP contribution in [-0.4, -0.2) is 28.0 Å². The number of hydrogen-bond acceptors (Lipinski definition) is 2. The van der Waals surface area contributed by atoms with Gasteiger partial charge in [0.05, 0.1) is 0 Å². The Morgan fingerprint density at radius 3 is 2.40 bits per heavy atom. The summed E-state index contributed by atoms with van der Waals surface area (Å²) in [5.41, 5.74) is 0. The van der Waals surface area contributed by atoms with Gasteiger partial charge in [-0.15, -0.1) is 0 Å². The third kappa shape index (κ3) is 5.69. The summed E-state index contributed by atoms with van der Waals surface area (Å²) >= 11 is 0. The molecule has 0 amide bonds. The van der Waals surface area contributed by atoms with Gasteiger partial charge in [-0.3, -0.25) is 0 Å². The van der Waals surface area contributed by atoms with E-state index in [1.807, 2.05) is 0 Å². The van der Waals surface area contributed by atoms with Crippen molar-refractivity contribution in [2.24, 2.45) is 11.8 Å². The Kier molecular flexibility index (Phi) is 5.30. The molecule has 0 radical (unpaired) electrons. The Balaban J connectivity index is 2.21. The van der Waals surface area contributed by atoms with Crippen molar-refractivity contribution >= 4 is 8.32 Å². The Bertz CT molecular complexity index is 176. The van der Waals surface area contributed by atoms with E-state index in [4.69, 9.17) is 4.43 Å². The summed E-state index contributed by atoms with van der Waals surface area (Å²) in [6.45, 7) is 12.7. The average molecular weight is 229 g/mol. The molecule has 1 rings (SSSR count). The lowest BCUT2D eigenvalue weighted by Gasteiger charge is -2.29. The predicted molar refractivity (Wildman–Crippen MR) is 68.7 cm³/mol. The third-order valence-corrected chi connectivity index (χ3v) is 5.82. The fourth-order valence-electron chi connectivity index (χ4n) is 2.43. The lowest BCUT2D eigenvalue weighted by atomic mass is 10.00. The van der Waals surface area contributed by atoms with E-state index in [-0.39, 0.29) is 0 Å². The molecule has 1 saturated heterocycles. The van der Waals surface area contributed by atoms with Crippen LogP contribution < -0.4 is 5.32 Å². The summed E-state index contributed by atoms with van der Waals surface area (Å²) in [4.78, 5) is 0. The quantitative estimate of drug-likeness (QED) is 0.732. The summed E-state index contributed by atoms with van der Waals surface area (Å²) in [5.74, 6) is 1.59. The van der Waals surface area contributed by atoms with Gasteiger partial charge >= 0.3 is 0 Å². The summed E-state index contributed by atoms with van der Waals surface area (Å²) in [7, 11) is -1.37. The van der Waals surface area contributed by atoms with Crippen LogP contribution >= 0.6 is 0 Å². The second kappa shape index (κ2) is 6.02. The lowest BCUT2D eigenvalue weighted by molar-refractivity contribution is 0.206. The van der Waals surface area contributed by atoms with Gasteiger partial charge in [-0.25, -0.2) is 0 Å². The van der Waals surface area contributed by atoms with Crippen LogP contribution in [0, 0.1) is 11.8 Å². The maximum absolute atomic E-state index is 6.19. The molecule has 90 valence electrons.